The van der Waals surface area contributed by atoms with Crippen molar-refractivity contribution in [3.05, 3.63) is 55.9 Å². The van der Waals surface area contributed by atoms with Gasteiger partial charge in [-0.1, -0.05) is 39.8 Å². The van der Waals surface area contributed by atoms with Crippen LogP contribution in [0.15, 0.2) is 38.7 Å². The predicted octanol–water partition coefficient (Wildman–Crippen LogP) is 3.00. The van der Waals surface area contributed by atoms with Gasteiger partial charge < -0.3 is 4.98 Å². The monoisotopic (exact) mass is 335 g/mol. The molecule has 0 aliphatic carbocycles. The van der Waals surface area contributed by atoms with E-state index >= 15 is 0 Å². The number of halogens is 1. The lowest BCUT2D eigenvalue weighted by Crippen LogP contribution is -2.14. The molecule has 0 radical (unpaired) electrons. The molecule has 1 heterocycles. The van der Waals surface area contributed by atoms with Crippen LogP contribution < -0.4 is 5.56 Å². The van der Waals surface area contributed by atoms with Gasteiger partial charge in [0.25, 0.3) is 5.56 Å². The lowest BCUT2D eigenvalue weighted by molar-refractivity contribution is 0.896. The van der Waals surface area contributed by atoms with E-state index in [0.717, 1.165) is 10.0 Å². The molecule has 0 amide bonds. The van der Waals surface area contributed by atoms with Gasteiger partial charge in [-0.2, -0.15) is 5.26 Å². The van der Waals surface area contributed by atoms with Crippen LogP contribution in [0.25, 0.3) is 0 Å². The number of aromatic nitrogens is 2. The zero-order valence-electron chi connectivity index (χ0n) is 10.1. The minimum absolute atomic E-state index is 0.0757. The van der Waals surface area contributed by atoms with Crippen LogP contribution in [-0.4, -0.2) is 9.97 Å². The molecule has 0 bridgehead atoms. The van der Waals surface area contributed by atoms with Gasteiger partial charge in [0, 0.05) is 10.2 Å². The van der Waals surface area contributed by atoms with Gasteiger partial charge in [-0.05, 0) is 24.6 Å². The molecule has 1 aromatic carbocycles. The van der Waals surface area contributed by atoms with Gasteiger partial charge in [0.05, 0.1) is 5.69 Å². The Morgan fingerprint density at radius 1 is 1.53 bits per heavy atom. The van der Waals surface area contributed by atoms with E-state index < -0.39 is 0 Å². The van der Waals surface area contributed by atoms with Crippen molar-refractivity contribution in [3.63, 3.8) is 0 Å². The summed E-state index contributed by atoms with van der Waals surface area (Å²) in [7, 11) is 0. The minimum Gasteiger partial charge on any atom is -0.300 e. The first-order valence-corrected chi connectivity index (χ1v) is 7.26. The van der Waals surface area contributed by atoms with Crippen molar-refractivity contribution in [2.75, 3.05) is 0 Å². The maximum Gasteiger partial charge on any atom is 0.269 e. The summed E-state index contributed by atoms with van der Waals surface area (Å²) in [6, 6.07) is 9.79. The molecular formula is C13H10BrN3OS. The number of aromatic amines is 1. The van der Waals surface area contributed by atoms with E-state index in [1.807, 2.05) is 30.3 Å². The molecule has 0 fully saturated rings. The minimum atomic E-state index is -0.383. The van der Waals surface area contributed by atoms with Crippen LogP contribution >= 0.6 is 27.7 Å². The van der Waals surface area contributed by atoms with Crippen LogP contribution in [0.3, 0.4) is 0 Å². The van der Waals surface area contributed by atoms with Crippen molar-refractivity contribution in [1.29, 1.82) is 5.26 Å². The number of benzene rings is 1. The summed E-state index contributed by atoms with van der Waals surface area (Å²) < 4.78 is 1.02. The number of H-pyrrole nitrogens is 1. The molecule has 1 aromatic heterocycles. The number of nitrogens with one attached hydrogen (secondary N) is 1. The third-order valence-corrected chi connectivity index (χ3v) is 3.89. The highest BCUT2D eigenvalue weighted by atomic mass is 79.9. The van der Waals surface area contributed by atoms with Gasteiger partial charge in [-0.3, -0.25) is 4.79 Å². The van der Waals surface area contributed by atoms with Gasteiger partial charge in [0.15, 0.2) is 5.16 Å². The van der Waals surface area contributed by atoms with Gasteiger partial charge >= 0.3 is 0 Å². The van der Waals surface area contributed by atoms with E-state index in [2.05, 4.69) is 25.9 Å². The second-order valence-electron chi connectivity index (χ2n) is 3.86. The average molecular weight is 336 g/mol. The molecule has 0 aliphatic rings. The summed E-state index contributed by atoms with van der Waals surface area (Å²) >= 11 is 4.84. The standard InChI is InChI=1S/C13H10BrN3OS/c1-8-11(6-15)12(18)17-13(16-8)19-7-9-3-2-4-10(14)5-9/h2-5H,7H2,1H3,(H,16,17,18). The number of nitrogens with zero attached hydrogens (tertiary/aromatic N) is 2. The van der Waals surface area contributed by atoms with Crippen molar-refractivity contribution in [2.45, 2.75) is 17.8 Å². The Balaban J connectivity index is 2.17. The first-order chi connectivity index (χ1) is 9.10. The number of hydrogen-bond acceptors (Lipinski definition) is 4. The Morgan fingerprint density at radius 2 is 2.32 bits per heavy atom. The fraction of sp³-hybridized carbons (Fsp3) is 0.154. The van der Waals surface area contributed by atoms with Crippen LogP contribution in [0.5, 0.6) is 0 Å². The summed E-state index contributed by atoms with van der Waals surface area (Å²) in [6.45, 7) is 1.66. The Hall–Kier alpha value is -1.58. The highest BCUT2D eigenvalue weighted by molar-refractivity contribution is 9.10. The highest BCUT2D eigenvalue weighted by Crippen LogP contribution is 2.21. The van der Waals surface area contributed by atoms with Crippen LogP contribution in [-0.2, 0) is 5.75 Å². The second-order valence-corrected chi connectivity index (χ2v) is 5.74. The fourth-order valence-electron chi connectivity index (χ4n) is 1.54. The average Bonchev–Trinajstić information content (AvgIpc) is 2.36. The molecule has 4 nitrogen and oxygen atoms in total. The number of hydrogen-bond donors (Lipinski definition) is 1. The second kappa shape index (κ2) is 6.04. The van der Waals surface area contributed by atoms with E-state index in [0.29, 0.717) is 16.6 Å². The van der Waals surface area contributed by atoms with Gasteiger partial charge in [0.1, 0.15) is 11.6 Å². The Bertz CT molecular complexity index is 706. The van der Waals surface area contributed by atoms with E-state index in [-0.39, 0.29) is 11.1 Å². The third kappa shape index (κ3) is 3.46. The van der Waals surface area contributed by atoms with E-state index in [1.165, 1.54) is 11.8 Å². The lowest BCUT2D eigenvalue weighted by atomic mass is 10.2. The first-order valence-electron chi connectivity index (χ1n) is 5.48. The summed E-state index contributed by atoms with van der Waals surface area (Å²) in [4.78, 5) is 18.4. The summed E-state index contributed by atoms with van der Waals surface area (Å²) in [5.74, 6) is 0.702. The summed E-state index contributed by atoms with van der Waals surface area (Å²) in [5.41, 5.74) is 1.28. The molecule has 2 rings (SSSR count). The van der Waals surface area contributed by atoms with Crippen molar-refractivity contribution < 1.29 is 0 Å². The first kappa shape index (κ1) is 13.8. The molecule has 0 saturated carbocycles. The van der Waals surface area contributed by atoms with E-state index in [4.69, 9.17) is 5.26 Å². The molecule has 0 aliphatic heterocycles. The normalized spacial score (nSPS) is 10.2. The molecule has 1 N–H and O–H groups in total. The smallest absolute Gasteiger partial charge is 0.269 e. The third-order valence-electron chi connectivity index (χ3n) is 2.45. The maximum atomic E-state index is 11.6. The van der Waals surface area contributed by atoms with Gasteiger partial charge in [-0.15, -0.1) is 0 Å². The fourth-order valence-corrected chi connectivity index (χ4v) is 2.83. The van der Waals surface area contributed by atoms with E-state index in [1.54, 1.807) is 6.92 Å². The number of aryl methyl sites for hydroxylation is 1. The Morgan fingerprint density at radius 3 is 2.95 bits per heavy atom. The van der Waals surface area contributed by atoms with Crippen LogP contribution in [0.4, 0.5) is 0 Å². The van der Waals surface area contributed by atoms with Crippen molar-refractivity contribution >= 4 is 27.7 Å². The molecule has 0 atom stereocenters. The molecule has 0 saturated heterocycles. The van der Waals surface area contributed by atoms with Crippen LogP contribution in [0, 0.1) is 18.3 Å². The largest absolute Gasteiger partial charge is 0.300 e. The highest BCUT2D eigenvalue weighted by Gasteiger charge is 2.07. The van der Waals surface area contributed by atoms with Crippen LogP contribution in [0.2, 0.25) is 0 Å². The molecule has 19 heavy (non-hydrogen) atoms. The molecule has 6 heteroatoms. The van der Waals surface area contributed by atoms with E-state index in [9.17, 15) is 4.79 Å². The number of thioether (sulfide) groups is 1. The maximum absolute atomic E-state index is 11.6. The predicted molar refractivity (Wildman–Crippen MR) is 78.0 cm³/mol. The van der Waals surface area contributed by atoms with Crippen LogP contribution in [0.1, 0.15) is 16.8 Å². The topological polar surface area (TPSA) is 69.5 Å². The quantitative estimate of drug-likeness (QED) is 0.691. The zero-order chi connectivity index (χ0) is 13.8. The molecule has 2 aromatic rings. The number of rotatable bonds is 3. The Kier molecular flexibility index (Phi) is 4.40. The molecule has 0 spiro atoms. The van der Waals surface area contributed by atoms with Crippen molar-refractivity contribution in [3.8, 4) is 6.07 Å². The van der Waals surface area contributed by atoms with Crippen molar-refractivity contribution in [2.24, 2.45) is 0 Å². The SMILES string of the molecule is Cc1nc(SCc2cccc(Br)c2)[nH]c(=O)c1C#N. The summed E-state index contributed by atoms with van der Waals surface area (Å²) in [6.07, 6.45) is 0. The zero-order valence-corrected chi connectivity index (χ0v) is 12.5. The molecular weight excluding hydrogens is 326 g/mol. The lowest BCUT2D eigenvalue weighted by Gasteiger charge is -2.03. The molecule has 96 valence electrons. The molecule has 0 unspecified atom stereocenters. The van der Waals surface area contributed by atoms with Gasteiger partial charge in [-0.25, -0.2) is 4.98 Å². The van der Waals surface area contributed by atoms with Crippen molar-refractivity contribution in [1.82, 2.24) is 9.97 Å². The summed E-state index contributed by atoms with van der Waals surface area (Å²) in [5, 5.41) is 9.34. The Labute approximate surface area is 123 Å². The van der Waals surface area contributed by atoms with Gasteiger partial charge in [0.2, 0.25) is 0 Å². The number of nitriles is 1.